The van der Waals surface area contributed by atoms with Crippen LogP contribution in [0, 0.1) is 0 Å². The first-order valence-corrected chi connectivity index (χ1v) is 6.66. The van der Waals surface area contributed by atoms with E-state index in [0.29, 0.717) is 0 Å². The average Bonchev–Trinajstić information content (AvgIpc) is 2.33. The van der Waals surface area contributed by atoms with Gasteiger partial charge in [-0.2, -0.15) is 0 Å². The van der Waals surface area contributed by atoms with E-state index < -0.39 is 0 Å². The molecule has 1 aliphatic rings. The second-order valence-electron chi connectivity index (χ2n) is 2.70. The quantitative estimate of drug-likeness (QED) is 0.328. The van der Waals surface area contributed by atoms with E-state index in [9.17, 15) is 0 Å². The zero-order valence-corrected chi connectivity index (χ0v) is 11.2. The maximum Gasteiger partial charge on any atom is 0.0638 e. The largest absolute Gasteiger partial charge is 0.287 e. The lowest BCUT2D eigenvalue weighted by atomic mass is 10.1. The summed E-state index contributed by atoms with van der Waals surface area (Å²) in [6, 6.07) is 0. The number of nitrogens with zero attached hydrogens (tertiary/aromatic N) is 1. The Balaban J connectivity index is 0. The van der Waals surface area contributed by atoms with Gasteiger partial charge in [-0.3, -0.25) is 4.99 Å². The van der Waals surface area contributed by atoms with Crippen LogP contribution in [-0.2, 0) is 0 Å². The fourth-order valence-corrected chi connectivity index (χ4v) is 1.03. The molecule has 0 atom stereocenters. The molecule has 0 unspecified atom stereocenters. The molecule has 0 amide bonds. The van der Waals surface area contributed by atoms with Crippen molar-refractivity contribution in [2.24, 2.45) is 4.99 Å². The van der Waals surface area contributed by atoms with Crippen molar-refractivity contribution < 1.29 is 0 Å². The van der Waals surface area contributed by atoms with E-state index >= 15 is 0 Å². The van der Waals surface area contributed by atoms with Crippen molar-refractivity contribution in [1.82, 2.24) is 0 Å². The smallest absolute Gasteiger partial charge is 0.0638 e. The second-order valence-corrected chi connectivity index (χ2v) is 3.70. The van der Waals surface area contributed by atoms with E-state index in [-0.39, 0.29) is 0 Å². The molecule has 0 saturated heterocycles. The van der Waals surface area contributed by atoms with Crippen LogP contribution in [0.4, 0.5) is 0 Å². The van der Waals surface area contributed by atoms with Crippen molar-refractivity contribution in [2.45, 2.75) is 46.5 Å². The van der Waals surface area contributed by atoms with Crippen LogP contribution in [0.2, 0.25) is 0 Å². The van der Waals surface area contributed by atoms with Crippen LogP contribution in [0.5, 0.6) is 0 Å². The molecule has 84 valence electrons. The zero-order chi connectivity index (χ0) is 11.2. The van der Waals surface area contributed by atoms with Crippen LogP contribution in [0.3, 0.4) is 0 Å². The number of aliphatic imine (C=N–C) groups is 1. The van der Waals surface area contributed by atoms with E-state index in [4.69, 9.17) is 0 Å². The van der Waals surface area contributed by atoms with Gasteiger partial charge in [0.05, 0.1) is 5.04 Å². The Labute approximate surface area is 94.1 Å². The van der Waals surface area contributed by atoms with Crippen molar-refractivity contribution in [3.63, 3.8) is 0 Å². The number of hydrogen-bond donors (Lipinski definition) is 0. The Morgan fingerprint density at radius 3 is 1.64 bits per heavy atom. The van der Waals surface area contributed by atoms with Crippen molar-refractivity contribution in [1.29, 1.82) is 0 Å². The van der Waals surface area contributed by atoms with Crippen molar-refractivity contribution in [3.05, 3.63) is 12.2 Å². The predicted molar refractivity (Wildman–Crippen MR) is 71.5 cm³/mol. The van der Waals surface area contributed by atoms with Gasteiger partial charge in [0.2, 0.25) is 0 Å². The first kappa shape index (κ1) is 16.2. The Morgan fingerprint density at radius 2 is 1.57 bits per heavy atom. The molecule has 0 saturated carbocycles. The van der Waals surface area contributed by atoms with Crippen molar-refractivity contribution >= 4 is 16.8 Å². The van der Waals surface area contributed by atoms with Crippen LogP contribution >= 0.6 is 11.8 Å². The van der Waals surface area contributed by atoms with Crippen LogP contribution in [0.15, 0.2) is 17.1 Å². The molecule has 0 fully saturated rings. The molecule has 0 aromatic heterocycles. The lowest BCUT2D eigenvalue weighted by molar-refractivity contribution is 0.730. The summed E-state index contributed by atoms with van der Waals surface area (Å²) in [4.78, 5) is 3.89. The highest BCUT2D eigenvalue weighted by molar-refractivity contribution is 8.13. The summed E-state index contributed by atoms with van der Waals surface area (Å²) in [5.41, 5.74) is 0. The first-order chi connectivity index (χ1) is 6.81. The summed E-state index contributed by atoms with van der Waals surface area (Å²) in [5, 5.41) is 1.13. The van der Waals surface area contributed by atoms with Gasteiger partial charge in [0.1, 0.15) is 0 Å². The summed E-state index contributed by atoms with van der Waals surface area (Å²) in [5.74, 6) is 0. The lowest BCUT2D eigenvalue weighted by Crippen LogP contribution is -1.77. The molecule has 0 N–H and O–H groups in total. The van der Waals surface area contributed by atoms with Crippen LogP contribution in [0.25, 0.3) is 0 Å². The highest BCUT2D eigenvalue weighted by Crippen LogP contribution is 2.07. The summed E-state index contributed by atoms with van der Waals surface area (Å²) in [6.07, 6.45) is 12.0. The molecule has 0 aromatic carbocycles. The van der Waals surface area contributed by atoms with Gasteiger partial charge in [0.25, 0.3) is 0 Å². The lowest BCUT2D eigenvalue weighted by Gasteiger charge is -1.97. The molecular formula is C12H25NS. The number of hydrogen-bond acceptors (Lipinski definition) is 2. The predicted octanol–water partition coefficient (Wildman–Crippen LogP) is 4.54. The zero-order valence-electron chi connectivity index (χ0n) is 10.3. The molecule has 0 bridgehead atoms. The molecule has 14 heavy (non-hydrogen) atoms. The Kier molecular flexibility index (Phi) is 17.6. The molecule has 2 heteroatoms. The first-order valence-electron chi connectivity index (χ1n) is 5.43. The van der Waals surface area contributed by atoms with Gasteiger partial charge in [-0.05, 0) is 38.9 Å². The highest BCUT2D eigenvalue weighted by Gasteiger charge is 1.87. The van der Waals surface area contributed by atoms with Gasteiger partial charge in [-0.25, -0.2) is 0 Å². The summed E-state index contributed by atoms with van der Waals surface area (Å²) in [6.45, 7) is 5.99. The number of allylic oxidation sites excluding steroid dienone is 2. The van der Waals surface area contributed by atoms with Crippen molar-refractivity contribution in [2.75, 3.05) is 13.3 Å². The SMILES string of the molecule is C1=CCCCC1.CC.CN=C(C)SC. The third kappa shape index (κ3) is 14.3. The van der Waals surface area contributed by atoms with Gasteiger partial charge >= 0.3 is 0 Å². The van der Waals surface area contributed by atoms with Crippen molar-refractivity contribution in [3.8, 4) is 0 Å². The van der Waals surface area contributed by atoms with Crippen LogP contribution < -0.4 is 0 Å². The standard InChI is InChI=1S/C6H10.C4H9NS.C2H6/c1-2-4-6-5-3-1;1-4(5-2)6-3;1-2/h1-2H,3-6H2;1-3H3;1-2H3. The normalized spacial score (nSPS) is 14.8. The third-order valence-corrected chi connectivity index (χ3v) is 2.54. The van der Waals surface area contributed by atoms with E-state index in [0.717, 1.165) is 5.04 Å². The van der Waals surface area contributed by atoms with Crippen LogP contribution in [-0.4, -0.2) is 18.3 Å². The molecule has 1 rings (SSSR count). The molecule has 1 aliphatic carbocycles. The van der Waals surface area contributed by atoms with Gasteiger partial charge in [-0.15, -0.1) is 11.8 Å². The van der Waals surface area contributed by atoms with Crippen LogP contribution in [0.1, 0.15) is 46.5 Å². The summed E-state index contributed by atoms with van der Waals surface area (Å²) >= 11 is 1.67. The molecule has 0 radical (unpaired) electrons. The minimum Gasteiger partial charge on any atom is -0.287 e. The molecule has 0 spiro atoms. The minimum absolute atomic E-state index is 1.13. The van der Waals surface area contributed by atoms with E-state index in [2.05, 4.69) is 17.1 Å². The average molecular weight is 215 g/mol. The Morgan fingerprint density at radius 1 is 1.14 bits per heavy atom. The maximum absolute atomic E-state index is 3.89. The molecule has 0 aromatic rings. The molecule has 1 nitrogen and oxygen atoms in total. The molecule has 0 heterocycles. The van der Waals surface area contributed by atoms with Gasteiger partial charge in [0, 0.05) is 7.05 Å². The topological polar surface area (TPSA) is 12.4 Å². The maximum atomic E-state index is 3.89. The van der Waals surface area contributed by atoms with E-state index in [1.165, 1.54) is 25.7 Å². The summed E-state index contributed by atoms with van der Waals surface area (Å²) < 4.78 is 0. The third-order valence-electron chi connectivity index (χ3n) is 1.77. The van der Waals surface area contributed by atoms with Gasteiger partial charge in [0.15, 0.2) is 0 Å². The highest BCUT2D eigenvalue weighted by atomic mass is 32.2. The number of rotatable bonds is 0. The van der Waals surface area contributed by atoms with Gasteiger partial charge in [-0.1, -0.05) is 26.0 Å². The fraction of sp³-hybridized carbons (Fsp3) is 0.750. The van der Waals surface area contributed by atoms with E-state index in [1.54, 1.807) is 18.8 Å². The number of thioether (sulfide) groups is 1. The second kappa shape index (κ2) is 15.2. The van der Waals surface area contributed by atoms with Gasteiger partial charge < -0.3 is 0 Å². The Bertz CT molecular complexity index is 142. The van der Waals surface area contributed by atoms with E-state index in [1.807, 2.05) is 27.0 Å². The minimum atomic E-state index is 1.13. The fourth-order valence-electron chi connectivity index (χ4n) is 0.851. The monoisotopic (exact) mass is 215 g/mol. The molecular weight excluding hydrogens is 190 g/mol. The Hall–Kier alpha value is -0.240. The molecule has 0 aliphatic heterocycles. The summed E-state index contributed by atoms with van der Waals surface area (Å²) in [7, 11) is 1.80.